The van der Waals surface area contributed by atoms with Crippen molar-refractivity contribution in [1.29, 1.82) is 0 Å². The van der Waals surface area contributed by atoms with Gasteiger partial charge in [0.1, 0.15) is 0 Å². The van der Waals surface area contributed by atoms with Crippen molar-refractivity contribution < 1.29 is 14.3 Å². The molecule has 1 amide bonds. The third-order valence-electron chi connectivity index (χ3n) is 5.69. The number of amides is 1. The fourth-order valence-electron chi connectivity index (χ4n) is 3.91. The molecule has 1 aromatic heterocycles. The highest BCUT2D eigenvalue weighted by atomic mass is 35.5. The summed E-state index contributed by atoms with van der Waals surface area (Å²) >= 11 is 0. The monoisotopic (exact) mass is 410 g/mol. The fourth-order valence-corrected chi connectivity index (χ4v) is 3.91. The van der Waals surface area contributed by atoms with Crippen molar-refractivity contribution in [2.45, 2.75) is 25.7 Å². The minimum atomic E-state index is -0.116. The summed E-state index contributed by atoms with van der Waals surface area (Å²) in [4.78, 5) is 34.6. The van der Waals surface area contributed by atoms with Gasteiger partial charge in [-0.2, -0.15) is 0 Å². The lowest BCUT2D eigenvalue weighted by atomic mass is 9.93. The summed E-state index contributed by atoms with van der Waals surface area (Å²) in [6.07, 6.45) is 6.73. The molecule has 3 rings (SSSR count). The van der Waals surface area contributed by atoms with Crippen LogP contribution in [0.25, 0.3) is 0 Å². The molecule has 0 spiro atoms. The Hall–Kier alpha value is -1.86. The van der Waals surface area contributed by atoms with Gasteiger partial charge in [-0.15, -0.1) is 12.4 Å². The molecule has 7 nitrogen and oxygen atoms in total. The number of pyridine rings is 1. The number of methoxy groups -OCH3 is 1. The molecule has 0 atom stereocenters. The van der Waals surface area contributed by atoms with Gasteiger partial charge < -0.3 is 19.4 Å². The normalized spacial score (nSPS) is 18.5. The molecule has 0 bridgehead atoms. The van der Waals surface area contributed by atoms with Gasteiger partial charge in [-0.05, 0) is 44.0 Å². The second-order valence-electron chi connectivity index (χ2n) is 7.39. The Morgan fingerprint density at radius 3 is 2.32 bits per heavy atom. The molecule has 3 heterocycles. The summed E-state index contributed by atoms with van der Waals surface area (Å²) in [6.45, 7) is 6.04. The third-order valence-corrected chi connectivity index (χ3v) is 5.69. The first-order valence-corrected chi connectivity index (χ1v) is 9.87. The van der Waals surface area contributed by atoms with Gasteiger partial charge in [0.15, 0.2) is 0 Å². The van der Waals surface area contributed by atoms with Crippen LogP contribution >= 0.6 is 12.4 Å². The van der Waals surface area contributed by atoms with Gasteiger partial charge in [0.2, 0.25) is 5.91 Å². The lowest BCUT2D eigenvalue weighted by Gasteiger charge is -2.37. The molecule has 8 heteroatoms. The van der Waals surface area contributed by atoms with E-state index in [1.165, 1.54) is 12.8 Å². The van der Waals surface area contributed by atoms with E-state index < -0.39 is 0 Å². The lowest BCUT2D eigenvalue weighted by Crippen LogP contribution is -2.49. The Kier molecular flexibility index (Phi) is 8.99. The maximum absolute atomic E-state index is 12.5. The second kappa shape index (κ2) is 11.2. The van der Waals surface area contributed by atoms with E-state index in [0.29, 0.717) is 18.8 Å². The first kappa shape index (κ1) is 22.4. The fraction of sp³-hybridized carbons (Fsp3) is 0.650. The van der Waals surface area contributed by atoms with Crippen LogP contribution in [-0.2, 0) is 14.3 Å². The first-order valence-electron chi connectivity index (χ1n) is 9.87. The van der Waals surface area contributed by atoms with Crippen LogP contribution in [0.15, 0.2) is 24.5 Å². The number of anilines is 1. The summed E-state index contributed by atoms with van der Waals surface area (Å²) in [5.74, 6) is 0.557. The zero-order valence-corrected chi connectivity index (χ0v) is 17.4. The standard InChI is InChI=1S/C20H30N4O3.ClH/c1-27-20(26)16-17-4-9-22(10-5-17)11-6-19(25)24-14-12-23(13-15-24)18-2-7-21-8-3-18;/h2-3,7-8,17H,4-6,9-16H2,1H3;1H. The summed E-state index contributed by atoms with van der Waals surface area (Å²) in [7, 11) is 1.44. The predicted octanol–water partition coefficient (Wildman–Crippen LogP) is 1.82. The molecule has 0 saturated carbocycles. The minimum absolute atomic E-state index is 0. The lowest BCUT2D eigenvalue weighted by molar-refractivity contribution is -0.142. The van der Waals surface area contributed by atoms with Gasteiger partial charge in [0.05, 0.1) is 7.11 Å². The van der Waals surface area contributed by atoms with Crippen LogP contribution in [0.4, 0.5) is 5.69 Å². The zero-order chi connectivity index (χ0) is 19.1. The van der Waals surface area contributed by atoms with E-state index in [9.17, 15) is 9.59 Å². The van der Waals surface area contributed by atoms with Crippen LogP contribution in [0.2, 0.25) is 0 Å². The number of hydrogen-bond donors (Lipinski definition) is 0. The molecule has 0 unspecified atom stereocenters. The number of likely N-dealkylation sites (tertiary alicyclic amines) is 1. The van der Waals surface area contributed by atoms with Gasteiger partial charge in [-0.1, -0.05) is 0 Å². The molecular formula is C20H31ClN4O3. The van der Waals surface area contributed by atoms with Crippen molar-refractivity contribution in [1.82, 2.24) is 14.8 Å². The molecule has 2 saturated heterocycles. The highest BCUT2D eigenvalue weighted by Gasteiger charge is 2.24. The van der Waals surface area contributed by atoms with Crippen molar-refractivity contribution in [3.05, 3.63) is 24.5 Å². The van der Waals surface area contributed by atoms with Crippen molar-refractivity contribution in [2.24, 2.45) is 5.92 Å². The van der Waals surface area contributed by atoms with Gasteiger partial charge in [0.25, 0.3) is 0 Å². The zero-order valence-electron chi connectivity index (χ0n) is 16.6. The Morgan fingerprint density at radius 2 is 1.71 bits per heavy atom. The number of carbonyl (C=O) groups is 2. The van der Waals surface area contributed by atoms with E-state index in [0.717, 1.165) is 58.7 Å². The summed E-state index contributed by atoms with van der Waals surface area (Å²) in [5, 5.41) is 0. The number of halogens is 1. The smallest absolute Gasteiger partial charge is 0.305 e. The largest absolute Gasteiger partial charge is 0.469 e. The van der Waals surface area contributed by atoms with Gasteiger partial charge >= 0.3 is 5.97 Å². The third kappa shape index (κ3) is 6.34. The molecule has 2 fully saturated rings. The quantitative estimate of drug-likeness (QED) is 0.666. The van der Waals surface area contributed by atoms with Crippen LogP contribution in [0.1, 0.15) is 25.7 Å². The Labute approximate surface area is 173 Å². The van der Waals surface area contributed by atoms with E-state index >= 15 is 0 Å². The predicted molar refractivity (Wildman–Crippen MR) is 111 cm³/mol. The number of aromatic nitrogens is 1. The number of esters is 1. The number of carbonyl (C=O) groups excluding carboxylic acids is 2. The Bertz CT molecular complexity index is 615. The number of hydrogen-bond acceptors (Lipinski definition) is 6. The molecule has 0 aliphatic carbocycles. The molecule has 0 aromatic carbocycles. The molecule has 0 radical (unpaired) electrons. The Balaban J connectivity index is 0.00000280. The molecule has 156 valence electrons. The number of nitrogens with zero attached hydrogens (tertiary/aromatic N) is 4. The molecule has 0 N–H and O–H groups in total. The van der Waals surface area contributed by atoms with E-state index in [1.807, 2.05) is 17.0 Å². The maximum Gasteiger partial charge on any atom is 0.305 e. The number of rotatable bonds is 6. The number of ether oxygens (including phenoxy) is 1. The van der Waals surface area contributed by atoms with Crippen molar-refractivity contribution in [3.8, 4) is 0 Å². The van der Waals surface area contributed by atoms with Crippen LogP contribution in [0.5, 0.6) is 0 Å². The van der Waals surface area contributed by atoms with Crippen LogP contribution in [0.3, 0.4) is 0 Å². The highest BCUT2D eigenvalue weighted by Crippen LogP contribution is 2.21. The average Bonchev–Trinajstić information content (AvgIpc) is 2.73. The van der Waals surface area contributed by atoms with Crippen LogP contribution in [0, 0.1) is 5.92 Å². The summed E-state index contributed by atoms with van der Waals surface area (Å²) in [6, 6.07) is 4.03. The molecule has 28 heavy (non-hydrogen) atoms. The Morgan fingerprint density at radius 1 is 1.07 bits per heavy atom. The van der Waals surface area contributed by atoms with Crippen LogP contribution < -0.4 is 4.90 Å². The molecule has 2 aliphatic rings. The van der Waals surface area contributed by atoms with Crippen molar-refractivity contribution in [3.63, 3.8) is 0 Å². The second-order valence-corrected chi connectivity index (χ2v) is 7.39. The number of piperazine rings is 1. The summed E-state index contributed by atoms with van der Waals surface area (Å²) in [5.41, 5.74) is 1.17. The minimum Gasteiger partial charge on any atom is -0.469 e. The maximum atomic E-state index is 12.5. The van der Waals surface area contributed by atoms with Gasteiger partial charge in [0, 0.05) is 63.6 Å². The molecular weight excluding hydrogens is 380 g/mol. The van der Waals surface area contributed by atoms with Gasteiger partial charge in [-0.3, -0.25) is 14.6 Å². The van der Waals surface area contributed by atoms with Crippen LogP contribution in [-0.4, -0.2) is 79.6 Å². The van der Waals surface area contributed by atoms with E-state index in [4.69, 9.17) is 4.74 Å². The van der Waals surface area contributed by atoms with E-state index in [2.05, 4.69) is 14.8 Å². The first-order chi connectivity index (χ1) is 13.2. The summed E-state index contributed by atoms with van der Waals surface area (Å²) < 4.78 is 4.75. The van der Waals surface area contributed by atoms with E-state index in [1.54, 1.807) is 12.4 Å². The highest BCUT2D eigenvalue weighted by molar-refractivity contribution is 5.85. The molecule has 2 aliphatic heterocycles. The average molecular weight is 411 g/mol. The van der Waals surface area contributed by atoms with Gasteiger partial charge in [-0.25, -0.2) is 0 Å². The topological polar surface area (TPSA) is 66.0 Å². The molecule has 1 aromatic rings. The van der Waals surface area contributed by atoms with Crippen molar-refractivity contribution >= 4 is 30.0 Å². The number of piperidine rings is 1. The SMILES string of the molecule is COC(=O)CC1CCN(CCC(=O)N2CCN(c3ccncc3)CC2)CC1.Cl. The van der Waals surface area contributed by atoms with E-state index in [-0.39, 0.29) is 24.3 Å². The van der Waals surface area contributed by atoms with Crippen molar-refractivity contribution in [2.75, 3.05) is 57.8 Å².